The number of hydrogen-bond acceptors (Lipinski definition) is 1. The molecule has 4 heteroatoms. The van der Waals surface area contributed by atoms with Crippen molar-refractivity contribution in [2.45, 2.75) is 10.8 Å². The van der Waals surface area contributed by atoms with Crippen molar-refractivity contribution in [3.05, 3.63) is 256 Å². The molecule has 0 heterocycles. The lowest BCUT2D eigenvalue weighted by Crippen LogP contribution is -2.31. The Morgan fingerprint density at radius 3 is 0.850 bits per heavy atom. The van der Waals surface area contributed by atoms with Crippen LogP contribution in [0.3, 0.4) is 0 Å². The van der Waals surface area contributed by atoms with Gasteiger partial charge < -0.3 is 4.57 Å². The number of benzene rings is 9. The molecule has 1 nitrogen and oxygen atoms in total. The van der Waals surface area contributed by atoms with Gasteiger partial charge in [-0.05, 0) is 113 Å². The van der Waals surface area contributed by atoms with Crippen LogP contribution in [0, 0.1) is 11.6 Å². The summed E-state index contributed by atoms with van der Waals surface area (Å²) < 4.78 is 48.1. The van der Waals surface area contributed by atoms with Gasteiger partial charge in [-0.3, -0.25) is 0 Å². The van der Waals surface area contributed by atoms with E-state index in [1.165, 1.54) is 12.1 Å². The van der Waals surface area contributed by atoms with Gasteiger partial charge in [-0.15, -0.1) is 0 Å². The highest BCUT2D eigenvalue weighted by Gasteiger charge is 2.54. The van der Waals surface area contributed by atoms with Crippen LogP contribution < -0.4 is 15.9 Å². The molecule has 9 aromatic carbocycles. The zero-order valence-corrected chi connectivity index (χ0v) is 33.1. The van der Waals surface area contributed by atoms with Crippen LogP contribution in [0.25, 0.3) is 44.5 Å². The molecular formula is C56H33F2OP. The standard InChI is InChI=1S/C56H33F2OP/c57-34-29-35(58)31-38(30-34)60(59,36-25-27-45-43-17-5-11-23-51(43)55(53(45)32-36)47-19-7-1-13-39(47)40-14-2-8-20-48(40)55)37-26-28-46-44-18-6-12-24-52(44)56(54(46)33-37)49-21-9-3-15-41(49)42-16-4-10-22-50(42)56/h1-33H. The fraction of sp³-hybridized carbons (Fsp3) is 0.0357. The Morgan fingerprint density at radius 1 is 0.283 bits per heavy atom. The fourth-order valence-electron chi connectivity index (χ4n) is 11.7. The van der Waals surface area contributed by atoms with Gasteiger partial charge in [-0.2, -0.15) is 0 Å². The topological polar surface area (TPSA) is 17.1 Å². The van der Waals surface area contributed by atoms with Crippen LogP contribution in [0.4, 0.5) is 8.78 Å². The van der Waals surface area contributed by atoms with Crippen molar-refractivity contribution in [2.75, 3.05) is 0 Å². The Kier molecular flexibility index (Phi) is 6.71. The number of hydrogen-bond donors (Lipinski definition) is 0. The lowest BCUT2D eigenvalue weighted by molar-refractivity contribution is 0.580. The molecule has 60 heavy (non-hydrogen) atoms. The van der Waals surface area contributed by atoms with E-state index in [1.807, 2.05) is 12.1 Å². The Balaban J connectivity index is 1.12. The third-order valence-electron chi connectivity index (χ3n) is 13.9. The zero-order valence-electron chi connectivity index (χ0n) is 32.2. The third-order valence-corrected chi connectivity index (χ3v) is 16.9. The van der Waals surface area contributed by atoms with E-state index >= 15 is 13.3 Å². The maximum Gasteiger partial charge on any atom is 0.171 e. The van der Waals surface area contributed by atoms with Crippen LogP contribution in [0.5, 0.6) is 0 Å². The van der Waals surface area contributed by atoms with E-state index in [1.54, 1.807) is 0 Å². The molecule has 0 amide bonds. The highest BCUT2D eigenvalue weighted by atomic mass is 31.2. The second kappa shape index (κ2) is 11.8. The summed E-state index contributed by atoms with van der Waals surface area (Å²) in [5.74, 6) is -1.53. The molecule has 0 unspecified atom stereocenters. The van der Waals surface area contributed by atoms with Crippen molar-refractivity contribution in [3.8, 4) is 44.5 Å². The van der Waals surface area contributed by atoms with E-state index in [2.05, 4.69) is 170 Å². The molecule has 2 spiro atoms. The molecule has 0 aliphatic heterocycles. The van der Waals surface area contributed by atoms with Gasteiger partial charge in [0.15, 0.2) is 7.14 Å². The van der Waals surface area contributed by atoms with E-state index < -0.39 is 29.6 Å². The van der Waals surface area contributed by atoms with E-state index in [0.29, 0.717) is 10.6 Å². The summed E-state index contributed by atoms with van der Waals surface area (Å²) in [5, 5.41) is 1.17. The van der Waals surface area contributed by atoms with Gasteiger partial charge in [0.1, 0.15) is 11.6 Å². The predicted octanol–water partition coefficient (Wildman–Crippen LogP) is 12.3. The second-order valence-electron chi connectivity index (χ2n) is 16.5. The molecule has 0 atom stereocenters. The van der Waals surface area contributed by atoms with Crippen molar-refractivity contribution in [3.63, 3.8) is 0 Å². The molecule has 282 valence electrons. The highest BCUT2D eigenvalue weighted by Crippen LogP contribution is 2.65. The van der Waals surface area contributed by atoms with Crippen LogP contribution in [0.1, 0.15) is 44.5 Å². The molecule has 0 bridgehead atoms. The Labute approximate surface area is 346 Å². The normalized spacial score (nSPS) is 14.8. The van der Waals surface area contributed by atoms with Crippen LogP contribution in [0.15, 0.2) is 200 Å². The van der Waals surface area contributed by atoms with Gasteiger partial charge in [0.05, 0.1) is 10.8 Å². The second-order valence-corrected chi connectivity index (χ2v) is 19.2. The van der Waals surface area contributed by atoms with Crippen LogP contribution in [0.2, 0.25) is 0 Å². The van der Waals surface area contributed by atoms with E-state index in [0.717, 1.165) is 95.1 Å². The molecule has 13 rings (SSSR count). The van der Waals surface area contributed by atoms with Crippen molar-refractivity contribution < 1.29 is 13.3 Å². The monoisotopic (exact) mass is 790 g/mol. The lowest BCUT2D eigenvalue weighted by Gasteiger charge is -2.32. The van der Waals surface area contributed by atoms with Crippen molar-refractivity contribution >= 4 is 23.1 Å². The quantitative estimate of drug-likeness (QED) is 0.163. The van der Waals surface area contributed by atoms with Crippen molar-refractivity contribution in [2.24, 2.45) is 0 Å². The summed E-state index contributed by atoms with van der Waals surface area (Å²) in [4.78, 5) is 0. The van der Waals surface area contributed by atoms with E-state index in [-0.39, 0.29) is 5.30 Å². The van der Waals surface area contributed by atoms with Crippen LogP contribution >= 0.6 is 7.14 Å². The highest BCUT2D eigenvalue weighted by molar-refractivity contribution is 7.85. The Bertz CT molecular complexity index is 3070. The number of fused-ring (bicyclic) bond motifs is 20. The van der Waals surface area contributed by atoms with Crippen LogP contribution in [-0.2, 0) is 15.4 Å². The SMILES string of the molecule is O=P(c1cc(F)cc(F)c1)(c1ccc2c(c1)C1(c3ccccc3-c3ccccc31)c1ccccc1-2)c1ccc2c(c1)C1(c3ccccc3-c3ccccc31)c1ccccc1-2. The average molecular weight is 791 g/mol. The van der Waals surface area contributed by atoms with Gasteiger partial charge in [0.25, 0.3) is 0 Å². The Hall–Kier alpha value is -6.93. The molecular weight excluding hydrogens is 758 g/mol. The minimum Gasteiger partial charge on any atom is -0.309 e. The Morgan fingerprint density at radius 2 is 0.550 bits per heavy atom. The molecule has 0 N–H and O–H groups in total. The predicted molar refractivity (Wildman–Crippen MR) is 238 cm³/mol. The first-order chi connectivity index (χ1) is 29.4. The summed E-state index contributed by atoms with van der Waals surface area (Å²) in [5.41, 5.74) is 16.6. The molecule has 0 saturated carbocycles. The van der Waals surface area contributed by atoms with Crippen molar-refractivity contribution in [1.29, 1.82) is 0 Å². The van der Waals surface area contributed by atoms with Gasteiger partial charge in [0.2, 0.25) is 0 Å². The molecule has 0 radical (unpaired) electrons. The van der Waals surface area contributed by atoms with E-state index in [9.17, 15) is 0 Å². The minimum absolute atomic E-state index is 0.119. The molecule has 9 aromatic rings. The van der Waals surface area contributed by atoms with Gasteiger partial charge in [0, 0.05) is 22.0 Å². The number of halogens is 2. The molecule has 0 saturated heterocycles. The zero-order chi connectivity index (χ0) is 40.0. The van der Waals surface area contributed by atoms with Gasteiger partial charge >= 0.3 is 0 Å². The summed E-state index contributed by atoms with van der Waals surface area (Å²) in [6, 6.07) is 67.0. The fourth-order valence-corrected chi connectivity index (χ4v) is 14.4. The first-order valence-electron chi connectivity index (χ1n) is 20.4. The summed E-state index contributed by atoms with van der Waals surface area (Å²) in [6.45, 7) is 0. The largest absolute Gasteiger partial charge is 0.309 e. The lowest BCUT2D eigenvalue weighted by atomic mass is 9.70. The average Bonchev–Trinajstić information content (AvgIpc) is 3.97. The molecule has 0 fully saturated rings. The third kappa shape index (κ3) is 3.99. The molecule has 4 aliphatic rings. The van der Waals surface area contributed by atoms with E-state index in [4.69, 9.17) is 0 Å². The maximum absolute atomic E-state index is 16.9. The first-order valence-corrected chi connectivity index (χ1v) is 22.1. The maximum atomic E-state index is 16.9. The van der Waals surface area contributed by atoms with Crippen LogP contribution in [-0.4, -0.2) is 0 Å². The summed E-state index contributed by atoms with van der Waals surface area (Å²) in [6.07, 6.45) is 0. The smallest absolute Gasteiger partial charge is 0.171 e. The van der Waals surface area contributed by atoms with Gasteiger partial charge in [-0.25, -0.2) is 8.78 Å². The number of rotatable bonds is 3. The first kappa shape index (κ1) is 34.0. The minimum atomic E-state index is -4.02. The molecule has 4 aliphatic carbocycles. The van der Waals surface area contributed by atoms with Gasteiger partial charge in [-0.1, -0.05) is 170 Å². The van der Waals surface area contributed by atoms with Crippen molar-refractivity contribution in [1.82, 2.24) is 0 Å². The summed E-state index contributed by atoms with van der Waals surface area (Å²) >= 11 is 0. The molecule has 0 aromatic heterocycles. The summed E-state index contributed by atoms with van der Waals surface area (Å²) in [7, 11) is -4.02.